The van der Waals surface area contributed by atoms with E-state index in [1.807, 2.05) is 12.1 Å². The molecule has 148 valence electrons. The molecule has 3 aromatic carbocycles. The maximum absolute atomic E-state index is 12.7. The number of hydrogen-bond donors (Lipinski definition) is 1. The Labute approximate surface area is 165 Å². The lowest BCUT2D eigenvalue weighted by Crippen LogP contribution is -2.36. The SMILES string of the molecule is COc1ccc(OCC(C)NS(=O)(=O)c2ccc3cc(OC)ccc3c2)cc1. The lowest BCUT2D eigenvalue weighted by atomic mass is 10.1. The van der Waals surface area contributed by atoms with E-state index in [2.05, 4.69) is 4.72 Å². The highest BCUT2D eigenvalue weighted by Crippen LogP contribution is 2.24. The third-order valence-corrected chi connectivity index (χ3v) is 5.83. The van der Waals surface area contributed by atoms with Gasteiger partial charge in [-0.25, -0.2) is 13.1 Å². The van der Waals surface area contributed by atoms with Crippen molar-refractivity contribution in [2.45, 2.75) is 17.9 Å². The number of ether oxygens (including phenoxy) is 3. The van der Waals surface area contributed by atoms with Gasteiger partial charge < -0.3 is 14.2 Å². The zero-order chi connectivity index (χ0) is 20.1. The van der Waals surface area contributed by atoms with Gasteiger partial charge in [-0.1, -0.05) is 12.1 Å². The molecule has 7 heteroatoms. The van der Waals surface area contributed by atoms with Crippen molar-refractivity contribution >= 4 is 20.8 Å². The minimum Gasteiger partial charge on any atom is -0.497 e. The summed E-state index contributed by atoms with van der Waals surface area (Å²) in [7, 11) is -0.473. The first-order valence-corrected chi connectivity index (χ1v) is 10.3. The predicted octanol–water partition coefficient (Wildman–Crippen LogP) is 3.60. The van der Waals surface area contributed by atoms with Crippen LogP contribution in [0.3, 0.4) is 0 Å². The molecule has 3 aromatic rings. The van der Waals surface area contributed by atoms with Crippen LogP contribution < -0.4 is 18.9 Å². The highest BCUT2D eigenvalue weighted by atomic mass is 32.2. The Morgan fingerprint density at radius 1 is 0.821 bits per heavy atom. The molecule has 0 bridgehead atoms. The first-order valence-electron chi connectivity index (χ1n) is 8.78. The normalized spacial score (nSPS) is 12.5. The average molecular weight is 401 g/mol. The molecule has 0 aliphatic heterocycles. The fourth-order valence-corrected chi connectivity index (χ4v) is 4.02. The van der Waals surface area contributed by atoms with Crippen LogP contribution in [0.25, 0.3) is 10.8 Å². The first-order chi connectivity index (χ1) is 13.4. The molecular weight excluding hydrogens is 378 g/mol. The molecule has 6 nitrogen and oxygen atoms in total. The van der Waals surface area contributed by atoms with Crippen molar-refractivity contribution in [3.8, 4) is 17.2 Å². The van der Waals surface area contributed by atoms with Crippen LogP contribution in [-0.4, -0.2) is 35.3 Å². The third-order valence-electron chi connectivity index (χ3n) is 4.24. The van der Waals surface area contributed by atoms with Crippen molar-refractivity contribution in [3.63, 3.8) is 0 Å². The molecule has 1 unspecified atom stereocenters. The van der Waals surface area contributed by atoms with Crippen molar-refractivity contribution in [2.24, 2.45) is 0 Å². The van der Waals surface area contributed by atoms with E-state index in [0.717, 1.165) is 22.3 Å². The zero-order valence-corrected chi connectivity index (χ0v) is 16.8. The fraction of sp³-hybridized carbons (Fsp3) is 0.238. The molecule has 0 radical (unpaired) electrons. The van der Waals surface area contributed by atoms with E-state index in [1.165, 1.54) is 0 Å². The first kappa shape index (κ1) is 20.0. The molecule has 1 N–H and O–H groups in total. The number of hydrogen-bond acceptors (Lipinski definition) is 5. The van der Waals surface area contributed by atoms with Crippen LogP contribution in [0.15, 0.2) is 65.6 Å². The van der Waals surface area contributed by atoms with Gasteiger partial charge in [-0.2, -0.15) is 0 Å². The second-order valence-electron chi connectivity index (χ2n) is 6.38. The summed E-state index contributed by atoms with van der Waals surface area (Å²) in [5.74, 6) is 2.10. The van der Waals surface area contributed by atoms with E-state index in [-0.39, 0.29) is 11.5 Å². The molecule has 0 aliphatic carbocycles. The van der Waals surface area contributed by atoms with Crippen LogP contribution in [-0.2, 0) is 10.0 Å². The maximum Gasteiger partial charge on any atom is 0.240 e. The molecule has 0 saturated heterocycles. The van der Waals surface area contributed by atoms with E-state index in [0.29, 0.717) is 5.75 Å². The van der Waals surface area contributed by atoms with Gasteiger partial charge in [0, 0.05) is 0 Å². The van der Waals surface area contributed by atoms with Crippen LogP contribution in [0.4, 0.5) is 0 Å². The molecule has 3 rings (SSSR count). The van der Waals surface area contributed by atoms with Crippen molar-refractivity contribution in [1.29, 1.82) is 0 Å². The summed E-state index contributed by atoms with van der Waals surface area (Å²) in [4.78, 5) is 0.210. The molecule has 0 aromatic heterocycles. The van der Waals surface area contributed by atoms with Gasteiger partial charge in [-0.05, 0) is 66.2 Å². The minimum absolute atomic E-state index is 0.205. The molecule has 0 aliphatic rings. The summed E-state index contributed by atoms with van der Waals surface area (Å²) >= 11 is 0. The zero-order valence-electron chi connectivity index (χ0n) is 16.0. The van der Waals surface area contributed by atoms with Crippen molar-refractivity contribution in [2.75, 3.05) is 20.8 Å². The van der Waals surface area contributed by atoms with Gasteiger partial charge in [0.2, 0.25) is 10.0 Å². The molecule has 1 atom stereocenters. The lowest BCUT2D eigenvalue weighted by molar-refractivity contribution is 0.287. The second-order valence-corrected chi connectivity index (χ2v) is 8.10. The van der Waals surface area contributed by atoms with E-state index < -0.39 is 16.1 Å². The maximum atomic E-state index is 12.7. The van der Waals surface area contributed by atoms with Crippen molar-refractivity contribution < 1.29 is 22.6 Å². The summed E-state index contributed by atoms with van der Waals surface area (Å²) in [6.45, 7) is 1.96. The van der Waals surface area contributed by atoms with Crippen molar-refractivity contribution in [1.82, 2.24) is 4.72 Å². The average Bonchev–Trinajstić information content (AvgIpc) is 2.71. The van der Waals surface area contributed by atoms with Gasteiger partial charge in [0.05, 0.1) is 25.2 Å². The molecule has 28 heavy (non-hydrogen) atoms. The van der Waals surface area contributed by atoms with Gasteiger partial charge in [0.1, 0.15) is 23.9 Å². The fourth-order valence-electron chi connectivity index (χ4n) is 2.76. The smallest absolute Gasteiger partial charge is 0.240 e. The number of rotatable bonds is 8. The van der Waals surface area contributed by atoms with Gasteiger partial charge in [0.25, 0.3) is 0 Å². The number of benzene rings is 3. The molecular formula is C21H23NO5S. The van der Waals surface area contributed by atoms with E-state index in [9.17, 15) is 8.42 Å². The van der Waals surface area contributed by atoms with Crippen LogP contribution in [0.1, 0.15) is 6.92 Å². The Balaban J connectivity index is 1.67. The largest absolute Gasteiger partial charge is 0.497 e. The summed E-state index contributed by atoms with van der Waals surface area (Å²) in [5.41, 5.74) is 0. The van der Waals surface area contributed by atoms with E-state index >= 15 is 0 Å². The Morgan fingerprint density at radius 2 is 1.39 bits per heavy atom. The molecule has 0 amide bonds. The topological polar surface area (TPSA) is 73.9 Å². The monoisotopic (exact) mass is 401 g/mol. The number of methoxy groups -OCH3 is 2. The van der Waals surface area contributed by atoms with Gasteiger partial charge in [-0.15, -0.1) is 0 Å². The second kappa shape index (κ2) is 8.50. The van der Waals surface area contributed by atoms with Crippen LogP contribution in [0.2, 0.25) is 0 Å². The number of fused-ring (bicyclic) bond motifs is 1. The lowest BCUT2D eigenvalue weighted by Gasteiger charge is -2.16. The molecule has 0 heterocycles. The number of sulfonamides is 1. The van der Waals surface area contributed by atoms with Crippen LogP contribution >= 0.6 is 0 Å². The van der Waals surface area contributed by atoms with Crippen LogP contribution in [0.5, 0.6) is 17.2 Å². The third kappa shape index (κ3) is 4.74. The highest BCUT2D eigenvalue weighted by Gasteiger charge is 2.18. The van der Waals surface area contributed by atoms with Gasteiger partial charge in [0.15, 0.2) is 0 Å². The summed E-state index contributed by atoms with van der Waals surface area (Å²) in [6.07, 6.45) is 0. The summed E-state index contributed by atoms with van der Waals surface area (Å²) in [5, 5.41) is 1.74. The summed E-state index contributed by atoms with van der Waals surface area (Å²) in [6, 6.07) is 17.2. The molecule has 0 fully saturated rings. The Bertz CT molecular complexity index is 1050. The Hall–Kier alpha value is -2.77. The summed E-state index contributed by atoms with van der Waals surface area (Å²) < 4.78 is 44.0. The minimum atomic E-state index is -3.66. The molecule has 0 saturated carbocycles. The van der Waals surface area contributed by atoms with Gasteiger partial charge in [-0.3, -0.25) is 0 Å². The molecule has 0 spiro atoms. The Morgan fingerprint density at radius 3 is 2.07 bits per heavy atom. The van der Waals surface area contributed by atoms with E-state index in [4.69, 9.17) is 14.2 Å². The van der Waals surface area contributed by atoms with Crippen LogP contribution in [0, 0.1) is 0 Å². The van der Waals surface area contributed by atoms with E-state index in [1.54, 1.807) is 69.7 Å². The van der Waals surface area contributed by atoms with Crippen molar-refractivity contribution in [3.05, 3.63) is 60.7 Å². The Kier molecular flexibility index (Phi) is 6.06. The highest BCUT2D eigenvalue weighted by molar-refractivity contribution is 7.89. The van der Waals surface area contributed by atoms with Gasteiger partial charge >= 0.3 is 0 Å². The number of nitrogens with one attached hydrogen (secondary N) is 1. The standard InChI is InChI=1S/C21H23NO5S/c1-15(14-27-19-9-7-18(25-2)8-10-19)22-28(23,24)21-11-5-16-12-20(26-3)6-4-17(16)13-21/h4-13,15,22H,14H2,1-3H3. The predicted molar refractivity (Wildman–Crippen MR) is 109 cm³/mol. The quantitative estimate of drug-likeness (QED) is 0.624.